The molecule has 4 atom stereocenters. The molecule has 9 heteroatoms. The molecule has 3 aliphatic carbocycles. The number of hydrogen-bond acceptors (Lipinski definition) is 8. The van der Waals surface area contributed by atoms with Crippen molar-refractivity contribution in [3.63, 3.8) is 0 Å². The van der Waals surface area contributed by atoms with Gasteiger partial charge in [-0.1, -0.05) is 30.3 Å². The van der Waals surface area contributed by atoms with Crippen molar-refractivity contribution in [1.29, 1.82) is 0 Å². The normalized spacial score (nSPS) is 27.2. The third-order valence-electron chi connectivity index (χ3n) is 8.04. The van der Waals surface area contributed by atoms with Crippen LogP contribution in [0.15, 0.2) is 53.3 Å². The average molecular weight is 505 g/mol. The number of aliphatic hydroxyl groups excluding tert-OH is 2. The van der Waals surface area contributed by atoms with Gasteiger partial charge in [0, 0.05) is 11.5 Å². The largest absolute Gasteiger partial charge is 0.508 e. The fourth-order valence-corrected chi connectivity index (χ4v) is 6.37. The summed E-state index contributed by atoms with van der Waals surface area (Å²) in [6.07, 6.45) is 0.293. The van der Waals surface area contributed by atoms with Crippen molar-refractivity contribution in [2.45, 2.75) is 31.4 Å². The maximum atomic E-state index is 13.9. The van der Waals surface area contributed by atoms with Gasteiger partial charge in [0.2, 0.25) is 5.78 Å². The van der Waals surface area contributed by atoms with Crippen LogP contribution < -0.4 is 5.73 Å². The first-order valence-corrected chi connectivity index (χ1v) is 12.0. The Balaban J connectivity index is 1.76. The zero-order valence-electron chi connectivity index (χ0n) is 20.6. The lowest BCUT2D eigenvalue weighted by Gasteiger charge is -2.50. The van der Waals surface area contributed by atoms with Gasteiger partial charge in [0.25, 0.3) is 5.91 Å². The summed E-state index contributed by atoms with van der Waals surface area (Å²) >= 11 is 0. The summed E-state index contributed by atoms with van der Waals surface area (Å²) in [5, 5.41) is 44.7. The molecule has 9 nitrogen and oxygen atoms in total. The van der Waals surface area contributed by atoms with Gasteiger partial charge in [-0.15, -0.1) is 0 Å². The van der Waals surface area contributed by atoms with Crippen molar-refractivity contribution in [3.05, 3.63) is 70.0 Å². The minimum Gasteiger partial charge on any atom is -0.508 e. The maximum absolute atomic E-state index is 13.9. The van der Waals surface area contributed by atoms with E-state index in [1.165, 1.54) is 11.0 Å². The van der Waals surface area contributed by atoms with Crippen LogP contribution >= 0.6 is 0 Å². The Morgan fingerprint density at radius 3 is 2.35 bits per heavy atom. The van der Waals surface area contributed by atoms with Gasteiger partial charge < -0.3 is 26.2 Å². The molecule has 0 aromatic heterocycles. The van der Waals surface area contributed by atoms with E-state index in [9.17, 15) is 34.8 Å². The molecule has 0 radical (unpaired) electrons. The minimum absolute atomic E-state index is 0.0502. The predicted octanol–water partition coefficient (Wildman–Crippen LogP) is 1.94. The molecule has 0 bridgehead atoms. The number of primary amides is 1. The second-order valence-corrected chi connectivity index (χ2v) is 10.3. The number of nitrogens with two attached hydrogens (primary N) is 1. The average Bonchev–Trinajstić information content (AvgIpc) is 2.82. The topological polar surface area (TPSA) is 161 Å². The number of nitrogens with zero attached hydrogens (tertiary/aromatic N) is 1. The molecule has 5 rings (SSSR count). The lowest BCUT2D eigenvalue weighted by Crippen LogP contribution is -2.65. The van der Waals surface area contributed by atoms with E-state index < -0.39 is 58.0 Å². The third kappa shape index (κ3) is 3.27. The second kappa shape index (κ2) is 8.29. The van der Waals surface area contributed by atoms with E-state index in [2.05, 4.69) is 0 Å². The smallest absolute Gasteiger partial charge is 0.255 e. The van der Waals surface area contributed by atoms with Crippen LogP contribution in [-0.2, 0) is 20.8 Å². The number of aromatic hydroxyl groups is 1. The summed E-state index contributed by atoms with van der Waals surface area (Å²) in [6.45, 7) is 1.95. The molecule has 0 unspecified atom stereocenters. The van der Waals surface area contributed by atoms with Gasteiger partial charge in [0.1, 0.15) is 22.8 Å². The van der Waals surface area contributed by atoms with Gasteiger partial charge in [-0.2, -0.15) is 0 Å². The Labute approximate surface area is 213 Å². The molecule has 37 heavy (non-hydrogen) atoms. The van der Waals surface area contributed by atoms with E-state index in [0.29, 0.717) is 5.56 Å². The number of carbonyl (C=O) groups excluding carboxylic acids is 3. The number of ketones is 2. The van der Waals surface area contributed by atoms with Crippen LogP contribution in [0, 0.1) is 18.8 Å². The van der Waals surface area contributed by atoms with Crippen LogP contribution in [0.4, 0.5) is 0 Å². The Morgan fingerprint density at radius 2 is 1.73 bits per heavy atom. The van der Waals surface area contributed by atoms with Crippen LogP contribution in [0.5, 0.6) is 5.75 Å². The Morgan fingerprint density at radius 1 is 1.05 bits per heavy atom. The number of amides is 1. The van der Waals surface area contributed by atoms with Gasteiger partial charge in [-0.3, -0.25) is 19.3 Å². The number of likely N-dealkylation sites (N-methyl/N-ethyl adjacent to an activating group) is 1. The highest BCUT2D eigenvalue weighted by Gasteiger charge is 2.64. The number of fused-ring (bicyclic) bond motifs is 3. The third-order valence-corrected chi connectivity index (χ3v) is 8.04. The second-order valence-electron chi connectivity index (χ2n) is 10.3. The fraction of sp³-hybridized carbons (Fsp3) is 0.321. The van der Waals surface area contributed by atoms with Gasteiger partial charge >= 0.3 is 0 Å². The quantitative estimate of drug-likeness (QED) is 0.396. The Hall–Kier alpha value is -3.95. The standard InChI is InChI=1S/C28H28N2O7/c1-12-6-4-5-7-14(12)15-8-9-18(31)20-16(15)10-13-11-17-22(30(2)3)24(33)21(27(29)36)26(35)28(17,37)25(34)19(13)23(20)32/h4-9,13,17,22,31-32,35,37H,10-11H2,1-3H3,(H2,29,36)/t13-,17-,22-,28-/m0/s1. The zero-order valence-corrected chi connectivity index (χ0v) is 20.6. The number of carbonyl (C=O) groups is 3. The summed E-state index contributed by atoms with van der Waals surface area (Å²) in [5.74, 6) is -6.61. The lowest BCUT2D eigenvalue weighted by atomic mass is 9.57. The molecular formula is C28H28N2O7. The zero-order chi connectivity index (χ0) is 27.0. The van der Waals surface area contributed by atoms with Crippen molar-refractivity contribution in [2.75, 3.05) is 14.1 Å². The fourth-order valence-electron chi connectivity index (χ4n) is 6.37. The summed E-state index contributed by atoms with van der Waals surface area (Å²) < 4.78 is 0. The Kier molecular flexibility index (Phi) is 5.54. The molecule has 192 valence electrons. The highest BCUT2D eigenvalue weighted by Crippen LogP contribution is 2.53. The highest BCUT2D eigenvalue weighted by atomic mass is 16.3. The van der Waals surface area contributed by atoms with Crippen molar-refractivity contribution in [1.82, 2.24) is 4.90 Å². The highest BCUT2D eigenvalue weighted by molar-refractivity contribution is 6.24. The first kappa shape index (κ1) is 24.7. The van der Waals surface area contributed by atoms with E-state index in [0.717, 1.165) is 16.7 Å². The molecule has 2 aromatic carbocycles. The minimum atomic E-state index is -2.65. The van der Waals surface area contributed by atoms with Crippen molar-refractivity contribution in [2.24, 2.45) is 17.6 Å². The first-order valence-electron chi connectivity index (χ1n) is 12.0. The molecule has 0 spiro atoms. The maximum Gasteiger partial charge on any atom is 0.255 e. The number of aryl methyl sites for hydroxylation is 1. The number of rotatable bonds is 3. The van der Waals surface area contributed by atoms with E-state index in [1.54, 1.807) is 20.2 Å². The monoisotopic (exact) mass is 504 g/mol. The van der Waals surface area contributed by atoms with Gasteiger partial charge in [0.05, 0.1) is 11.6 Å². The molecule has 1 amide bonds. The molecule has 1 fully saturated rings. The van der Waals surface area contributed by atoms with Gasteiger partial charge in [-0.05, 0) is 68.1 Å². The summed E-state index contributed by atoms with van der Waals surface area (Å²) in [4.78, 5) is 40.6. The molecule has 0 aliphatic heterocycles. The molecule has 2 aromatic rings. The molecule has 0 saturated heterocycles. The van der Waals surface area contributed by atoms with Crippen LogP contribution in [-0.4, -0.2) is 68.5 Å². The van der Waals surface area contributed by atoms with Crippen LogP contribution in [0.3, 0.4) is 0 Å². The number of benzene rings is 2. The molecular weight excluding hydrogens is 476 g/mol. The van der Waals surface area contributed by atoms with Crippen LogP contribution in [0.25, 0.3) is 16.9 Å². The van der Waals surface area contributed by atoms with Gasteiger partial charge in [-0.25, -0.2) is 0 Å². The van der Waals surface area contributed by atoms with Crippen LogP contribution in [0.1, 0.15) is 23.1 Å². The summed E-state index contributed by atoms with van der Waals surface area (Å²) in [7, 11) is 3.14. The van der Waals surface area contributed by atoms with E-state index in [-0.39, 0.29) is 29.7 Å². The van der Waals surface area contributed by atoms with E-state index >= 15 is 0 Å². The van der Waals surface area contributed by atoms with Crippen molar-refractivity contribution >= 4 is 23.2 Å². The number of phenolic OH excluding ortho intramolecular Hbond substituents is 1. The summed E-state index contributed by atoms with van der Waals surface area (Å²) in [5.41, 5.74) is 5.11. The van der Waals surface area contributed by atoms with Crippen molar-refractivity contribution in [3.8, 4) is 16.9 Å². The lowest BCUT2D eigenvalue weighted by molar-refractivity contribution is -0.153. The molecule has 6 N–H and O–H groups in total. The van der Waals surface area contributed by atoms with Gasteiger partial charge in [0.15, 0.2) is 11.4 Å². The number of hydrogen-bond donors (Lipinski definition) is 5. The van der Waals surface area contributed by atoms with E-state index in [4.69, 9.17) is 5.73 Å². The Bertz CT molecular complexity index is 1450. The SMILES string of the molecule is Cc1ccccc1-c1ccc(O)c2c1C[C@H]1C[C@H]3[C@H](N(C)C)C(=O)C(C(N)=O)=C(O)[C@@]3(O)C(=O)C1=C2O. The summed E-state index contributed by atoms with van der Waals surface area (Å²) in [6, 6.07) is 9.75. The first-order chi connectivity index (χ1) is 17.4. The number of Topliss-reactive ketones (excluding diaryl/α,β-unsaturated/α-hetero) is 2. The molecule has 3 aliphatic rings. The number of phenols is 1. The van der Waals surface area contributed by atoms with E-state index in [1.807, 2.05) is 31.2 Å². The number of aliphatic hydroxyl groups is 3. The molecule has 1 saturated carbocycles. The van der Waals surface area contributed by atoms with Crippen molar-refractivity contribution < 1.29 is 34.8 Å². The molecule has 0 heterocycles. The predicted molar refractivity (Wildman–Crippen MR) is 134 cm³/mol. The van der Waals surface area contributed by atoms with Crippen LogP contribution in [0.2, 0.25) is 0 Å².